The summed E-state index contributed by atoms with van der Waals surface area (Å²) < 4.78 is 26.5. The van der Waals surface area contributed by atoms with E-state index >= 15 is 0 Å². The van der Waals surface area contributed by atoms with Gasteiger partial charge in [0.2, 0.25) is 15.9 Å². The number of rotatable bonds is 5. The van der Waals surface area contributed by atoms with Gasteiger partial charge in [-0.05, 0) is 42.5 Å². The number of sulfonamides is 1. The van der Waals surface area contributed by atoms with Crippen molar-refractivity contribution in [2.45, 2.75) is 4.90 Å². The van der Waals surface area contributed by atoms with E-state index in [2.05, 4.69) is 10.0 Å². The van der Waals surface area contributed by atoms with Gasteiger partial charge >= 0.3 is 0 Å². The van der Waals surface area contributed by atoms with E-state index in [0.29, 0.717) is 10.7 Å². The monoisotopic (exact) mass is 392 g/mol. The summed E-state index contributed by atoms with van der Waals surface area (Å²) in [7, 11) is -3.96. The minimum atomic E-state index is -3.96. The molecular weight excluding hydrogens is 383 g/mol. The molecule has 0 heterocycles. The molecule has 2 rings (SSSR count). The van der Waals surface area contributed by atoms with Gasteiger partial charge in [0.25, 0.3) is 0 Å². The van der Waals surface area contributed by atoms with Crippen molar-refractivity contribution >= 4 is 56.4 Å². The zero-order valence-electron chi connectivity index (χ0n) is 11.5. The second-order valence-corrected chi connectivity index (χ2v) is 7.47. The molecule has 2 aromatic carbocycles. The van der Waals surface area contributed by atoms with E-state index in [9.17, 15) is 13.2 Å². The fourth-order valence-corrected chi connectivity index (χ4v) is 3.53. The first-order chi connectivity index (χ1) is 10.8. The summed E-state index contributed by atoms with van der Waals surface area (Å²) in [5.74, 6) is -0.533. The topological polar surface area (TPSA) is 75.3 Å². The number of hydrogen-bond donors (Lipinski definition) is 2. The molecule has 0 aliphatic rings. The van der Waals surface area contributed by atoms with E-state index in [1.165, 1.54) is 18.2 Å². The molecule has 2 N–H and O–H groups in total. The van der Waals surface area contributed by atoms with Gasteiger partial charge in [0.15, 0.2) is 0 Å². The second kappa shape index (κ2) is 7.51. The van der Waals surface area contributed by atoms with E-state index in [1.54, 1.807) is 24.3 Å². The fourth-order valence-electron chi connectivity index (χ4n) is 1.66. The third-order valence-electron chi connectivity index (χ3n) is 2.73. The number of amides is 1. The highest BCUT2D eigenvalue weighted by Gasteiger charge is 2.19. The Bertz CT molecular complexity index is 824. The van der Waals surface area contributed by atoms with Crippen LogP contribution in [0.25, 0.3) is 0 Å². The van der Waals surface area contributed by atoms with Crippen molar-refractivity contribution in [3.8, 4) is 0 Å². The van der Waals surface area contributed by atoms with Crippen molar-refractivity contribution in [1.82, 2.24) is 4.72 Å². The Balaban J connectivity index is 2.02. The summed E-state index contributed by atoms with van der Waals surface area (Å²) in [4.78, 5) is 11.6. The third kappa shape index (κ3) is 5.09. The van der Waals surface area contributed by atoms with Crippen LogP contribution in [0.3, 0.4) is 0 Å². The summed E-state index contributed by atoms with van der Waals surface area (Å²) in [6.45, 7) is -0.451. The van der Waals surface area contributed by atoms with Gasteiger partial charge < -0.3 is 5.32 Å². The molecule has 23 heavy (non-hydrogen) atoms. The summed E-state index contributed by atoms with van der Waals surface area (Å²) in [5, 5.41) is 3.30. The lowest BCUT2D eigenvalue weighted by Crippen LogP contribution is -2.33. The lowest BCUT2D eigenvalue weighted by atomic mass is 10.3. The van der Waals surface area contributed by atoms with Crippen LogP contribution in [0.5, 0.6) is 0 Å². The van der Waals surface area contributed by atoms with Gasteiger partial charge in [-0.25, -0.2) is 13.1 Å². The molecule has 0 aliphatic heterocycles. The molecule has 2 aromatic rings. The number of carbonyl (C=O) groups excluding carboxylic acids is 1. The molecule has 0 unspecified atom stereocenters. The van der Waals surface area contributed by atoms with Crippen LogP contribution in [0.4, 0.5) is 5.69 Å². The van der Waals surface area contributed by atoms with Crippen LogP contribution in [0.2, 0.25) is 15.1 Å². The maximum atomic E-state index is 12.2. The van der Waals surface area contributed by atoms with Crippen LogP contribution in [-0.2, 0) is 14.8 Å². The van der Waals surface area contributed by atoms with Crippen molar-refractivity contribution < 1.29 is 13.2 Å². The molecule has 0 aliphatic carbocycles. The lowest BCUT2D eigenvalue weighted by Gasteiger charge is -2.09. The first-order valence-corrected chi connectivity index (χ1v) is 8.90. The molecule has 9 heteroatoms. The highest BCUT2D eigenvalue weighted by molar-refractivity contribution is 7.89. The van der Waals surface area contributed by atoms with Crippen molar-refractivity contribution in [2.75, 3.05) is 11.9 Å². The Morgan fingerprint density at radius 2 is 1.57 bits per heavy atom. The Morgan fingerprint density at radius 1 is 0.957 bits per heavy atom. The summed E-state index contributed by atoms with van der Waals surface area (Å²) in [6, 6.07) is 10.5. The van der Waals surface area contributed by atoms with Gasteiger partial charge in [0.1, 0.15) is 4.90 Å². The standard InChI is InChI=1S/C14H11Cl3N2O3S/c15-9-1-4-11(5-2-9)19-14(20)8-18-23(21,22)13-7-10(16)3-6-12(13)17/h1-7,18H,8H2,(H,19,20). The van der Waals surface area contributed by atoms with Gasteiger partial charge in [-0.15, -0.1) is 0 Å². The predicted molar refractivity (Wildman–Crippen MR) is 91.7 cm³/mol. The Hall–Kier alpha value is -1.31. The van der Waals surface area contributed by atoms with E-state index < -0.39 is 22.5 Å². The third-order valence-corrected chi connectivity index (χ3v) is 5.10. The van der Waals surface area contributed by atoms with E-state index in [-0.39, 0.29) is 14.9 Å². The number of nitrogens with one attached hydrogen (secondary N) is 2. The van der Waals surface area contributed by atoms with Crippen molar-refractivity contribution in [3.05, 3.63) is 57.5 Å². The number of halogens is 3. The van der Waals surface area contributed by atoms with Crippen molar-refractivity contribution in [3.63, 3.8) is 0 Å². The zero-order chi connectivity index (χ0) is 17.0. The smallest absolute Gasteiger partial charge is 0.242 e. The normalized spacial score (nSPS) is 11.3. The Morgan fingerprint density at radius 3 is 2.22 bits per heavy atom. The molecule has 5 nitrogen and oxygen atoms in total. The highest BCUT2D eigenvalue weighted by atomic mass is 35.5. The average Bonchev–Trinajstić information content (AvgIpc) is 2.50. The molecule has 122 valence electrons. The molecule has 0 fully saturated rings. The number of carbonyl (C=O) groups is 1. The molecule has 0 atom stereocenters. The van der Waals surface area contributed by atoms with Crippen molar-refractivity contribution in [2.24, 2.45) is 0 Å². The van der Waals surface area contributed by atoms with Gasteiger partial charge in [0.05, 0.1) is 11.6 Å². The van der Waals surface area contributed by atoms with E-state index in [4.69, 9.17) is 34.8 Å². The average molecular weight is 394 g/mol. The molecule has 0 saturated heterocycles. The molecule has 0 aromatic heterocycles. The van der Waals surface area contributed by atoms with E-state index in [1.807, 2.05) is 0 Å². The zero-order valence-corrected chi connectivity index (χ0v) is 14.6. The van der Waals surface area contributed by atoms with Crippen LogP contribution in [0.15, 0.2) is 47.4 Å². The highest BCUT2D eigenvalue weighted by Crippen LogP contribution is 2.24. The molecule has 0 saturated carbocycles. The first-order valence-electron chi connectivity index (χ1n) is 6.28. The number of anilines is 1. The predicted octanol–water partition coefficient (Wildman–Crippen LogP) is 3.56. The summed E-state index contributed by atoms with van der Waals surface area (Å²) in [5.41, 5.74) is 0.499. The lowest BCUT2D eigenvalue weighted by molar-refractivity contribution is -0.115. The molecule has 0 bridgehead atoms. The van der Waals surface area contributed by atoms with Crippen LogP contribution < -0.4 is 10.0 Å². The first kappa shape index (κ1) is 18.0. The number of benzene rings is 2. The van der Waals surface area contributed by atoms with Crippen LogP contribution in [0, 0.1) is 0 Å². The summed E-state index contributed by atoms with van der Waals surface area (Å²) >= 11 is 17.4. The molecule has 0 spiro atoms. The molecular formula is C14H11Cl3N2O3S. The largest absolute Gasteiger partial charge is 0.325 e. The van der Waals surface area contributed by atoms with E-state index in [0.717, 1.165) is 0 Å². The molecule has 1 amide bonds. The van der Waals surface area contributed by atoms with Crippen LogP contribution in [-0.4, -0.2) is 20.9 Å². The minimum absolute atomic E-state index is 0.0139. The fraction of sp³-hybridized carbons (Fsp3) is 0.0714. The number of hydrogen-bond acceptors (Lipinski definition) is 3. The second-order valence-electron chi connectivity index (χ2n) is 4.45. The Kier molecular flexibility index (Phi) is 5.89. The van der Waals surface area contributed by atoms with Crippen molar-refractivity contribution in [1.29, 1.82) is 0 Å². The minimum Gasteiger partial charge on any atom is -0.325 e. The quantitative estimate of drug-likeness (QED) is 0.815. The van der Waals surface area contributed by atoms with Gasteiger partial charge in [-0.3, -0.25) is 4.79 Å². The maximum Gasteiger partial charge on any atom is 0.242 e. The maximum absolute atomic E-state index is 12.2. The summed E-state index contributed by atoms with van der Waals surface area (Å²) in [6.07, 6.45) is 0. The SMILES string of the molecule is O=C(CNS(=O)(=O)c1cc(Cl)ccc1Cl)Nc1ccc(Cl)cc1. The molecule has 0 radical (unpaired) electrons. The van der Waals surface area contributed by atoms with Gasteiger partial charge in [-0.2, -0.15) is 0 Å². The van der Waals surface area contributed by atoms with Gasteiger partial charge in [0, 0.05) is 15.7 Å². The van der Waals surface area contributed by atoms with Crippen LogP contribution >= 0.6 is 34.8 Å². The van der Waals surface area contributed by atoms with Crippen LogP contribution in [0.1, 0.15) is 0 Å². The van der Waals surface area contributed by atoms with Gasteiger partial charge in [-0.1, -0.05) is 34.8 Å². The Labute approximate surface area is 148 Å².